The number of carbonyl (C=O) groups is 1. The van der Waals surface area contributed by atoms with E-state index in [9.17, 15) is 27.5 Å². The van der Waals surface area contributed by atoms with Crippen molar-refractivity contribution in [2.24, 2.45) is 0 Å². The van der Waals surface area contributed by atoms with Gasteiger partial charge in [0.2, 0.25) is 17.6 Å². The number of alkyl halides is 4. The zero-order chi connectivity index (χ0) is 30.4. The number of likely N-dealkylation sites (N-methyl/N-ethyl adjacent to an activating group) is 1. The predicted octanol–water partition coefficient (Wildman–Crippen LogP) is 4.51. The highest BCUT2D eigenvalue weighted by Gasteiger charge is 2.41. The van der Waals surface area contributed by atoms with Gasteiger partial charge in [0, 0.05) is 48.5 Å². The first-order valence-corrected chi connectivity index (χ1v) is 13.5. The van der Waals surface area contributed by atoms with E-state index in [1.54, 1.807) is 37.6 Å². The van der Waals surface area contributed by atoms with Crippen LogP contribution in [0.25, 0.3) is 22.4 Å². The van der Waals surface area contributed by atoms with Crippen LogP contribution in [-0.4, -0.2) is 73.4 Å². The van der Waals surface area contributed by atoms with Gasteiger partial charge in [0.1, 0.15) is 6.54 Å². The lowest BCUT2D eigenvalue weighted by molar-refractivity contribution is -0.139. The number of fused-ring (bicyclic) bond motifs is 1. The number of piperidine rings is 1. The van der Waals surface area contributed by atoms with E-state index in [1.807, 2.05) is 30.2 Å². The van der Waals surface area contributed by atoms with Crippen molar-refractivity contribution >= 4 is 22.5 Å². The van der Waals surface area contributed by atoms with Crippen LogP contribution in [0.2, 0.25) is 0 Å². The van der Waals surface area contributed by atoms with Crippen molar-refractivity contribution in [3.8, 4) is 11.5 Å². The van der Waals surface area contributed by atoms with Crippen LogP contribution in [0.4, 0.5) is 23.2 Å². The smallest absolute Gasteiger partial charge is 0.375 e. The van der Waals surface area contributed by atoms with Gasteiger partial charge in [-0.25, -0.2) is 4.39 Å². The molecule has 0 bridgehead atoms. The lowest BCUT2D eigenvalue weighted by Crippen LogP contribution is -2.55. The summed E-state index contributed by atoms with van der Waals surface area (Å²) in [5.41, 5.74) is 0.811. The van der Waals surface area contributed by atoms with Gasteiger partial charge in [0.15, 0.2) is 0 Å². The molecule has 1 aromatic carbocycles. The fourth-order valence-electron chi connectivity index (χ4n) is 4.99. The van der Waals surface area contributed by atoms with Crippen molar-refractivity contribution in [2.45, 2.75) is 63.9 Å². The van der Waals surface area contributed by atoms with E-state index < -0.39 is 24.6 Å². The molecule has 0 radical (unpaired) electrons. The average molecular weight is 592 g/mol. The first kappa shape index (κ1) is 29.6. The second kappa shape index (κ2) is 10.7. The summed E-state index contributed by atoms with van der Waals surface area (Å²) in [5.74, 6) is -2.97. The Balaban J connectivity index is 1.42. The molecule has 1 fully saturated rings. The molecule has 42 heavy (non-hydrogen) atoms. The number of carbonyl (C=O) groups excluding carboxylic acids is 1. The largest absolute Gasteiger partial charge is 0.406 e. The molecule has 3 N–H and O–H groups in total. The molecule has 1 aliphatic heterocycles. The van der Waals surface area contributed by atoms with Crippen LogP contribution in [0.15, 0.2) is 47.2 Å². The van der Waals surface area contributed by atoms with E-state index in [2.05, 4.69) is 20.8 Å². The Morgan fingerprint density at radius 2 is 2.00 bits per heavy atom. The Labute approximate surface area is 239 Å². The van der Waals surface area contributed by atoms with Gasteiger partial charge in [0.05, 0.1) is 29.4 Å². The minimum atomic E-state index is -4.57. The van der Waals surface area contributed by atoms with Crippen LogP contribution in [0, 0.1) is 0 Å². The molecule has 0 spiro atoms. The molecular weight excluding hydrogens is 558 g/mol. The third kappa shape index (κ3) is 6.28. The SMILES string of the molecule is CN1CC[C@@](O)(F)[C@H](Nc2cccc3c2cc(-c2noc(CNC(=O)c4ccn(C(C)(C)C)c4)n2)n3CC(F)(F)F)C1. The lowest BCUT2D eigenvalue weighted by atomic mass is 9.99. The highest BCUT2D eigenvalue weighted by atomic mass is 19.4. The van der Waals surface area contributed by atoms with Crippen LogP contribution in [0.3, 0.4) is 0 Å². The van der Waals surface area contributed by atoms with E-state index in [4.69, 9.17) is 4.52 Å². The highest BCUT2D eigenvalue weighted by molar-refractivity contribution is 5.96. The zero-order valence-corrected chi connectivity index (χ0v) is 23.7. The van der Waals surface area contributed by atoms with Gasteiger partial charge >= 0.3 is 6.18 Å². The number of hydrogen-bond donors (Lipinski definition) is 3. The molecule has 5 rings (SSSR count). The number of rotatable bonds is 7. The summed E-state index contributed by atoms with van der Waals surface area (Å²) >= 11 is 0. The van der Waals surface area contributed by atoms with Crippen molar-refractivity contribution in [1.29, 1.82) is 0 Å². The number of aliphatic hydroxyl groups is 1. The molecular formula is C28H33F4N7O3. The van der Waals surface area contributed by atoms with Gasteiger partial charge in [-0.2, -0.15) is 18.2 Å². The average Bonchev–Trinajstić information content (AvgIpc) is 3.63. The Hall–Kier alpha value is -3.91. The standard InChI is InChI=1S/C28H33F4N7O3/c1-26(2,3)38-10-8-17(14-38)25(40)33-13-23-35-24(36-42-23)21-12-18-19(34-22-15-37(4)11-9-27(22,29)41)6-5-7-20(18)39(21)16-28(30,31)32/h5-8,10,12,14,22,34,41H,9,11,13,15-16H2,1-4H3,(H,33,40)/t22-,27+/m1/s1. The number of anilines is 1. The third-order valence-corrected chi connectivity index (χ3v) is 7.31. The number of nitrogens with zero attached hydrogens (tertiary/aromatic N) is 5. The normalized spacial score (nSPS) is 20.3. The summed E-state index contributed by atoms with van der Waals surface area (Å²) in [6, 6.07) is 6.81. The lowest BCUT2D eigenvalue weighted by Gasteiger charge is -2.39. The van der Waals surface area contributed by atoms with Crippen molar-refractivity contribution in [1.82, 2.24) is 29.5 Å². The van der Waals surface area contributed by atoms with Crippen LogP contribution >= 0.6 is 0 Å². The van der Waals surface area contributed by atoms with E-state index in [1.165, 1.54) is 12.1 Å². The minimum Gasteiger partial charge on any atom is -0.375 e. The van der Waals surface area contributed by atoms with Crippen molar-refractivity contribution in [2.75, 3.05) is 25.5 Å². The first-order chi connectivity index (χ1) is 19.6. The van der Waals surface area contributed by atoms with Gasteiger partial charge in [-0.1, -0.05) is 11.2 Å². The van der Waals surface area contributed by atoms with E-state index >= 15 is 0 Å². The van der Waals surface area contributed by atoms with E-state index in [0.29, 0.717) is 23.2 Å². The first-order valence-electron chi connectivity index (χ1n) is 13.5. The van der Waals surface area contributed by atoms with Gasteiger partial charge in [-0.3, -0.25) is 4.79 Å². The molecule has 1 saturated heterocycles. The van der Waals surface area contributed by atoms with Gasteiger partial charge < -0.3 is 34.3 Å². The number of nitrogens with one attached hydrogen (secondary N) is 2. The van der Waals surface area contributed by atoms with Crippen LogP contribution in [-0.2, 0) is 18.6 Å². The van der Waals surface area contributed by atoms with Crippen LogP contribution < -0.4 is 10.6 Å². The van der Waals surface area contributed by atoms with Crippen molar-refractivity contribution in [3.05, 3.63) is 54.2 Å². The van der Waals surface area contributed by atoms with Gasteiger partial charge in [-0.15, -0.1) is 0 Å². The zero-order valence-electron chi connectivity index (χ0n) is 23.7. The molecule has 10 nitrogen and oxygen atoms in total. The maximum absolute atomic E-state index is 14.9. The van der Waals surface area contributed by atoms with Crippen LogP contribution in [0.1, 0.15) is 43.4 Å². The van der Waals surface area contributed by atoms with Crippen molar-refractivity contribution < 1.29 is 32.0 Å². The highest BCUT2D eigenvalue weighted by Crippen LogP contribution is 2.36. The quantitative estimate of drug-likeness (QED) is 0.271. The fraction of sp³-hybridized carbons (Fsp3) is 0.464. The fourth-order valence-corrected chi connectivity index (χ4v) is 4.99. The number of halogens is 4. The molecule has 1 aliphatic rings. The molecule has 14 heteroatoms. The summed E-state index contributed by atoms with van der Waals surface area (Å²) < 4.78 is 64.1. The molecule has 4 aromatic rings. The van der Waals surface area contributed by atoms with Gasteiger partial charge in [0.25, 0.3) is 5.91 Å². The number of amides is 1. The number of aromatic nitrogens is 4. The second-order valence-electron chi connectivity index (χ2n) is 11.7. The minimum absolute atomic E-state index is 0.00324. The Morgan fingerprint density at radius 1 is 1.24 bits per heavy atom. The Bertz CT molecular complexity index is 1580. The second-order valence-corrected chi connectivity index (χ2v) is 11.7. The Morgan fingerprint density at radius 3 is 2.69 bits per heavy atom. The van der Waals surface area contributed by atoms with E-state index in [-0.39, 0.29) is 53.9 Å². The molecule has 226 valence electrons. The molecule has 0 aliphatic carbocycles. The topological polar surface area (TPSA) is 113 Å². The van der Waals surface area contributed by atoms with Crippen molar-refractivity contribution in [3.63, 3.8) is 0 Å². The molecule has 3 aromatic heterocycles. The van der Waals surface area contributed by atoms with E-state index in [0.717, 1.165) is 4.57 Å². The molecule has 0 unspecified atom stereocenters. The number of likely N-dealkylation sites (tertiary alicyclic amines) is 1. The maximum Gasteiger partial charge on any atom is 0.406 e. The molecule has 4 heterocycles. The monoisotopic (exact) mass is 591 g/mol. The maximum atomic E-state index is 14.9. The predicted molar refractivity (Wildman–Crippen MR) is 147 cm³/mol. The van der Waals surface area contributed by atoms with Crippen LogP contribution in [0.5, 0.6) is 0 Å². The summed E-state index contributed by atoms with van der Waals surface area (Å²) in [6.45, 7) is 5.10. The summed E-state index contributed by atoms with van der Waals surface area (Å²) in [6.07, 6.45) is -1.17. The number of benzene rings is 1. The molecule has 2 atom stereocenters. The van der Waals surface area contributed by atoms with Gasteiger partial charge in [-0.05, 0) is 52.1 Å². The molecule has 0 saturated carbocycles. The Kier molecular flexibility index (Phi) is 7.56. The summed E-state index contributed by atoms with van der Waals surface area (Å²) in [7, 11) is 1.79. The summed E-state index contributed by atoms with van der Waals surface area (Å²) in [5, 5.41) is 20.2. The third-order valence-electron chi connectivity index (χ3n) is 7.31. The molecule has 1 amide bonds. The summed E-state index contributed by atoms with van der Waals surface area (Å²) in [4.78, 5) is 18.7. The number of hydrogen-bond acceptors (Lipinski definition) is 7.